The van der Waals surface area contributed by atoms with E-state index in [1.165, 1.54) is 30.1 Å². The molecule has 0 spiro atoms. The zero-order valence-corrected chi connectivity index (χ0v) is 24.8. The number of aromatic nitrogens is 1. The van der Waals surface area contributed by atoms with Crippen LogP contribution in [0.15, 0.2) is 57.5 Å². The number of fused-ring (bicyclic) bond motifs is 1. The summed E-state index contributed by atoms with van der Waals surface area (Å²) in [5, 5.41) is 8.93. The van der Waals surface area contributed by atoms with Crippen LogP contribution in [0, 0.1) is 0 Å². The molecule has 1 unspecified atom stereocenters. The standard InChI is InChI=1S/C30H32N2O9S/c1-6-13-40-27-19(9-8-10-21(27)37-4)26-25(29(36)39-7-2)17(3)31-30-32(26)28(35)23(42-30)15-18-11-12-20(22(14-18)38-5)41-16-24(33)34/h8-12,14-15,26H,6-7,13,16H2,1-5H3,(H,33,34). The third-order valence-corrected chi connectivity index (χ3v) is 7.31. The number of thiazole rings is 1. The minimum atomic E-state index is -1.12. The number of carboxylic acids is 1. The summed E-state index contributed by atoms with van der Waals surface area (Å²) in [6.07, 6.45) is 2.41. The van der Waals surface area contributed by atoms with Crippen LogP contribution in [0.4, 0.5) is 0 Å². The molecule has 0 amide bonds. The number of rotatable bonds is 12. The number of carbonyl (C=O) groups is 2. The maximum absolute atomic E-state index is 14.0. The van der Waals surface area contributed by atoms with E-state index in [4.69, 9.17) is 28.8 Å². The van der Waals surface area contributed by atoms with Crippen molar-refractivity contribution in [2.75, 3.05) is 34.0 Å². The van der Waals surface area contributed by atoms with Crippen LogP contribution in [0.2, 0.25) is 0 Å². The zero-order valence-electron chi connectivity index (χ0n) is 24.0. The summed E-state index contributed by atoms with van der Waals surface area (Å²) in [6.45, 7) is 5.44. The molecule has 1 aliphatic heterocycles. The van der Waals surface area contributed by atoms with E-state index in [-0.39, 0.29) is 23.5 Å². The summed E-state index contributed by atoms with van der Waals surface area (Å²) in [5.41, 5.74) is 1.47. The molecule has 1 aliphatic rings. The van der Waals surface area contributed by atoms with Crippen LogP contribution in [0.25, 0.3) is 6.08 Å². The first-order chi connectivity index (χ1) is 20.2. The van der Waals surface area contributed by atoms with E-state index in [1.807, 2.05) is 6.92 Å². The Balaban J connectivity index is 1.92. The van der Waals surface area contributed by atoms with Crippen molar-refractivity contribution in [3.05, 3.63) is 78.5 Å². The fraction of sp³-hybridized carbons (Fsp3) is 0.333. The molecule has 0 fully saturated rings. The van der Waals surface area contributed by atoms with Crippen molar-refractivity contribution in [3.63, 3.8) is 0 Å². The third-order valence-electron chi connectivity index (χ3n) is 6.33. The van der Waals surface area contributed by atoms with Gasteiger partial charge in [-0.3, -0.25) is 9.36 Å². The number of nitrogens with zero attached hydrogens (tertiary/aromatic N) is 2. The molecular formula is C30H32N2O9S. The van der Waals surface area contributed by atoms with E-state index < -0.39 is 24.6 Å². The van der Waals surface area contributed by atoms with Gasteiger partial charge in [-0.1, -0.05) is 36.5 Å². The lowest BCUT2D eigenvalue weighted by molar-refractivity contribution is -0.140. The Bertz CT molecular complexity index is 1700. The van der Waals surface area contributed by atoms with E-state index in [1.54, 1.807) is 56.3 Å². The van der Waals surface area contributed by atoms with E-state index in [2.05, 4.69) is 4.99 Å². The molecular weight excluding hydrogens is 564 g/mol. The molecule has 1 aromatic heterocycles. The minimum Gasteiger partial charge on any atom is -0.493 e. The molecule has 1 atom stereocenters. The molecule has 0 bridgehead atoms. The van der Waals surface area contributed by atoms with Crippen LogP contribution >= 0.6 is 11.3 Å². The second-order valence-corrected chi connectivity index (χ2v) is 10.1. The van der Waals surface area contributed by atoms with E-state index >= 15 is 0 Å². The summed E-state index contributed by atoms with van der Waals surface area (Å²) < 4.78 is 29.6. The van der Waals surface area contributed by atoms with Gasteiger partial charge in [-0.2, -0.15) is 0 Å². The van der Waals surface area contributed by atoms with Crippen LogP contribution in [-0.4, -0.2) is 55.7 Å². The first kappa shape index (κ1) is 30.4. The first-order valence-electron chi connectivity index (χ1n) is 13.3. The number of ether oxygens (including phenoxy) is 5. The topological polar surface area (TPSA) is 135 Å². The normalized spacial score (nSPS) is 14.6. The van der Waals surface area contributed by atoms with Gasteiger partial charge in [0.25, 0.3) is 5.56 Å². The second kappa shape index (κ2) is 13.4. The van der Waals surface area contributed by atoms with Gasteiger partial charge in [-0.05, 0) is 50.1 Å². The van der Waals surface area contributed by atoms with Gasteiger partial charge in [0.05, 0.1) is 43.2 Å². The molecule has 3 aromatic rings. The Morgan fingerprint density at radius 3 is 2.50 bits per heavy atom. The van der Waals surface area contributed by atoms with Crippen molar-refractivity contribution in [1.29, 1.82) is 0 Å². The smallest absolute Gasteiger partial charge is 0.341 e. The van der Waals surface area contributed by atoms with Gasteiger partial charge in [-0.25, -0.2) is 14.6 Å². The number of allylic oxidation sites excluding steroid dienone is 1. The lowest BCUT2D eigenvalue weighted by Gasteiger charge is -2.27. The number of para-hydroxylation sites is 1. The van der Waals surface area contributed by atoms with E-state index in [0.717, 1.165) is 6.42 Å². The number of benzene rings is 2. The molecule has 42 heavy (non-hydrogen) atoms. The number of esters is 1. The molecule has 2 heterocycles. The average Bonchev–Trinajstić information content (AvgIpc) is 3.28. The molecule has 0 saturated heterocycles. The van der Waals surface area contributed by atoms with Crippen LogP contribution in [0.3, 0.4) is 0 Å². The molecule has 0 aliphatic carbocycles. The molecule has 222 valence electrons. The van der Waals surface area contributed by atoms with Crippen molar-refractivity contribution in [2.45, 2.75) is 33.2 Å². The number of carbonyl (C=O) groups excluding carboxylic acids is 1. The van der Waals surface area contributed by atoms with Gasteiger partial charge in [-0.15, -0.1) is 0 Å². The maximum Gasteiger partial charge on any atom is 0.341 e. The van der Waals surface area contributed by atoms with Gasteiger partial charge < -0.3 is 28.8 Å². The highest BCUT2D eigenvalue weighted by Crippen LogP contribution is 2.41. The Hall–Kier alpha value is -4.58. The lowest BCUT2D eigenvalue weighted by atomic mass is 9.94. The molecule has 0 radical (unpaired) electrons. The number of methoxy groups -OCH3 is 2. The number of hydrogen-bond donors (Lipinski definition) is 1. The van der Waals surface area contributed by atoms with Crippen molar-refractivity contribution >= 4 is 29.4 Å². The van der Waals surface area contributed by atoms with Crippen LogP contribution in [0.5, 0.6) is 23.0 Å². The summed E-state index contributed by atoms with van der Waals surface area (Å²) in [7, 11) is 2.97. The maximum atomic E-state index is 14.0. The van der Waals surface area contributed by atoms with Crippen molar-refractivity contribution in [2.24, 2.45) is 4.99 Å². The van der Waals surface area contributed by atoms with E-state index in [9.17, 15) is 14.4 Å². The highest BCUT2D eigenvalue weighted by Gasteiger charge is 2.36. The van der Waals surface area contributed by atoms with Crippen LogP contribution < -0.4 is 33.8 Å². The first-order valence-corrected chi connectivity index (χ1v) is 14.1. The summed E-state index contributed by atoms with van der Waals surface area (Å²) in [4.78, 5) is 43.3. The molecule has 0 saturated carbocycles. The van der Waals surface area contributed by atoms with Gasteiger partial charge in [0.15, 0.2) is 34.4 Å². The molecule has 12 heteroatoms. The van der Waals surface area contributed by atoms with Crippen molar-refractivity contribution in [3.8, 4) is 23.0 Å². The Labute approximate surface area is 245 Å². The predicted octanol–water partition coefficient (Wildman–Crippen LogP) is 3.07. The Morgan fingerprint density at radius 1 is 1.07 bits per heavy atom. The van der Waals surface area contributed by atoms with Crippen LogP contribution in [-0.2, 0) is 14.3 Å². The van der Waals surface area contributed by atoms with Gasteiger partial charge in [0.1, 0.15) is 6.04 Å². The lowest BCUT2D eigenvalue weighted by Crippen LogP contribution is -2.40. The number of aliphatic carboxylic acids is 1. The van der Waals surface area contributed by atoms with Gasteiger partial charge in [0.2, 0.25) is 0 Å². The van der Waals surface area contributed by atoms with Gasteiger partial charge in [0, 0.05) is 5.56 Å². The average molecular weight is 597 g/mol. The monoisotopic (exact) mass is 596 g/mol. The third kappa shape index (κ3) is 6.18. The van der Waals surface area contributed by atoms with Crippen molar-refractivity contribution in [1.82, 2.24) is 4.57 Å². The molecule has 2 aromatic carbocycles. The molecule has 4 rings (SSSR count). The fourth-order valence-electron chi connectivity index (χ4n) is 4.54. The van der Waals surface area contributed by atoms with E-state index in [0.29, 0.717) is 50.0 Å². The van der Waals surface area contributed by atoms with Gasteiger partial charge >= 0.3 is 11.9 Å². The summed E-state index contributed by atoms with van der Waals surface area (Å²) in [5.74, 6) is -0.230. The highest BCUT2D eigenvalue weighted by molar-refractivity contribution is 7.07. The largest absolute Gasteiger partial charge is 0.493 e. The SMILES string of the molecule is CCCOc1c(OC)cccc1C1C(C(=O)OCC)=C(C)N=c2sc(=Cc3ccc(OCC(=O)O)c(OC)c3)c(=O)n21. The molecule has 11 nitrogen and oxygen atoms in total. The fourth-order valence-corrected chi connectivity index (χ4v) is 5.58. The highest BCUT2D eigenvalue weighted by atomic mass is 32.1. The summed E-state index contributed by atoms with van der Waals surface area (Å²) in [6, 6.07) is 9.35. The minimum absolute atomic E-state index is 0.151. The number of carboxylic acid groups (broad SMARTS) is 1. The Kier molecular flexibility index (Phi) is 9.68. The second-order valence-electron chi connectivity index (χ2n) is 9.12. The van der Waals surface area contributed by atoms with Crippen molar-refractivity contribution < 1.29 is 38.4 Å². The quantitative estimate of drug-likeness (QED) is 0.313. The zero-order chi connectivity index (χ0) is 30.4. The molecule has 1 N–H and O–H groups in total. The Morgan fingerprint density at radius 2 is 1.83 bits per heavy atom. The number of hydrogen-bond acceptors (Lipinski definition) is 10. The van der Waals surface area contributed by atoms with Crippen LogP contribution in [0.1, 0.15) is 44.4 Å². The predicted molar refractivity (Wildman–Crippen MR) is 155 cm³/mol. The summed E-state index contributed by atoms with van der Waals surface area (Å²) >= 11 is 1.17.